The summed E-state index contributed by atoms with van der Waals surface area (Å²) < 4.78 is 5.84. The molecule has 0 spiro atoms. The van der Waals surface area contributed by atoms with Gasteiger partial charge in [0, 0.05) is 0 Å². The molecule has 0 aromatic rings. The predicted molar refractivity (Wildman–Crippen MR) is 128 cm³/mol. The van der Waals surface area contributed by atoms with Crippen molar-refractivity contribution in [3.05, 3.63) is 12.2 Å². The molecule has 1 N–H and O–H groups in total. The summed E-state index contributed by atoms with van der Waals surface area (Å²) >= 11 is 0. The average Bonchev–Trinajstić information content (AvgIpc) is 2.75. The standard InChI is InChI=1S/C27H48O4/c1-4-5-18-23(31-27(30)25-21-16-15-20-24(25)26(28)29)19-14-12-10-8-6-7-9-11-13-17-22(2)3/h15-16,22-25H,4-14,17-21H2,1-3H3,(H,28,29). The molecule has 0 aromatic heterocycles. The summed E-state index contributed by atoms with van der Waals surface area (Å²) in [5, 5.41) is 9.42. The number of hydrogen-bond acceptors (Lipinski definition) is 3. The van der Waals surface area contributed by atoms with E-state index in [2.05, 4.69) is 20.8 Å². The number of carbonyl (C=O) groups is 2. The molecule has 1 aliphatic carbocycles. The van der Waals surface area contributed by atoms with Gasteiger partial charge in [0.15, 0.2) is 0 Å². The molecule has 31 heavy (non-hydrogen) atoms. The highest BCUT2D eigenvalue weighted by Gasteiger charge is 2.36. The summed E-state index contributed by atoms with van der Waals surface area (Å²) in [7, 11) is 0. The van der Waals surface area contributed by atoms with E-state index in [0.29, 0.717) is 12.8 Å². The monoisotopic (exact) mass is 436 g/mol. The number of carboxylic acid groups (broad SMARTS) is 1. The Balaban J connectivity index is 2.23. The lowest BCUT2D eigenvalue weighted by atomic mass is 9.83. The summed E-state index contributed by atoms with van der Waals surface area (Å²) in [6.07, 6.45) is 21.5. The zero-order valence-electron chi connectivity index (χ0n) is 20.4. The summed E-state index contributed by atoms with van der Waals surface area (Å²) in [4.78, 5) is 24.2. The van der Waals surface area contributed by atoms with E-state index in [-0.39, 0.29) is 12.1 Å². The van der Waals surface area contributed by atoms with E-state index in [9.17, 15) is 14.7 Å². The molecule has 1 aliphatic rings. The van der Waals surface area contributed by atoms with Gasteiger partial charge in [0.1, 0.15) is 6.10 Å². The lowest BCUT2D eigenvalue weighted by Crippen LogP contribution is -2.34. The van der Waals surface area contributed by atoms with Crippen molar-refractivity contribution in [2.75, 3.05) is 0 Å². The quantitative estimate of drug-likeness (QED) is 0.136. The van der Waals surface area contributed by atoms with Crippen molar-refractivity contribution < 1.29 is 19.4 Å². The van der Waals surface area contributed by atoms with Gasteiger partial charge >= 0.3 is 11.9 Å². The van der Waals surface area contributed by atoms with Gasteiger partial charge in [0.2, 0.25) is 0 Å². The van der Waals surface area contributed by atoms with Crippen molar-refractivity contribution >= 4 is 11.9 Å². The highest BCUT2D eigenvalue weighted by molar-refractivity contribution is 5.81. The van der Waals surface area contributed by atoms with Crippen LogP contribution in [0, 0.1) is 17.8 Å². The Labute approximate surface area is 191 Å². The van der Waals surface area contributed by atoms with Crippen LogP contribution >= 0.6 is 0 Å². The van der Waals surface area contributed by atoms with E-state index in [0.717, 1.165) is 38.0 Å². The molecule has 3 atom stereocenters. The van der Waals surface area contributed by atoms with Gasteiger partial charge in [-0.3, -0.25) is 9.59 Å². The molecule has 4 heteroatoms. The third-order valence-electron chi connectivity index (χ3n) is 6.52. The predicted octanol–water partition coefficient (Wildman–Crippen LogP) is 7.70. The minimum absolute atomic E-state index is 0.0613. The number of ether oxygens (including phenoxy) is 1. The first-order valence-electron chi connectivity index (χ1n) is 13.0. The van der Waals surface area contributed by atoms with Gasteiger partial charge in [-0.05, 0) is 38.0 Å². The zero-order chi connectivity index (χ0) is 22.9. The van der Waals surface area contributed by atoms with Gasteiger partial charge in [-0.15, -0.1) is 0 Å². The van der Waals surface area contributed by atoms with E-state index >= 15 is 0 Å². The highest BCUT2D eigenvalue weighted by Crippen LogP contribution is 2.28. The van der Waals surface area contributed by atoms with Crippen molar-refractivity contribution in [1.82, 2.24) is 0 Å². The first kappa shape index (κ1) is 27.7. The number of aliphatic carboxylic acids is 1. The molecule has 0 heterocycles. The summed E-state index contributed by atoms with van der Waals surface area (Å²) in [6, 6.07) is 0. The first-order valence-corrected chi connectivity index (χ1v) is 13.0. The van der Waals surface area contributed by atoms with Crippen LogP contribution in [-0.2, 0) is 14.3 Å². The Bertz CT molecular complexity index is 511. The summed E-state index contributed by atoms with van der Waals surface area (Å²) in [5.74, 6) is -1.55. The Hall–Kier alpha value is -1.32. The zero-order valence-corrected chi connectivity index (χ0v) is 20.4. The van der Waals surface area contributed by atoms with Crippen LogP contribution in [0.1, 0.15) is 124 Å². The maximum atomic E-state index is 12.7. The number of hydrogen-bond donors (Lipinski definition) is 1. The second-order valence-corrected chi connectivity index (χ2v) is 9.85. The Kier molecular flexibility index (Phi) is 15.4. The summed E-state index contributed by atoms with van der Waals surface area (Å²) in [5.41, 5.74) is 0. The lowest BCUT2D eigenvalue weighted by molar-refractivity contribution is -0.162. The van der Waals surface area contributed by atoms with Crippen LogP contribution < -0.4 is 0 Å². The maximum Gasteiger partial charge on any atom is 0.310 e. The van der Waals surface area contributed by atoms with Crippen LogP contribution in [0.15, 0.2) is 12.2 Å². The topological polar surface area (TPSA) is 63.6 Å². The molecule has 0 amide bonds. The van der Waals surface area contributed by atoms with Gasteiger partial charge in [-0.25, -0.2) is 0 Å². The normalized spacial score (nSPS) is 19.5. The van der Waals surface area contributed by atoms with E-state index in [4.69, 9.17) is 4.74 Å². The highest BCUT2D eigenvalue weighted by atomic mass is 16.5. The fourth-order valence-electron chi connectivity index (χ4n) is 4.46. The van der Waals surface area contributed by atoms with Gasteiger partial charge in [-0.1, -0.05) is 104 Å². The number of rotatable bonds is 18. The second kappa shape index (κ2) is 17.3. The second-order valence-electron chi connectivity index (χ2n) is 9.85. The molecule has 0 saturated heterocycles. The van der Waals surface area contributed by atoms with Gasteiger partial charge in [0.05, 0.1) is 11.8 Å². The van der Waals surface area contributed by atoms with Crippen LogP contribution in [0.25, 0.3) is 0 Å². The third kappa shape index (κ3) is 13.0. The Morgan fingerprint density at radius 1 is 0.806 bits per heavy atom. The van der Waals surface area contributed by atoms with Crippen molar-refractivity contribution in [1.29, 1.82) is 0 Å². The molecule has 0 aliphatic heterocycles. The molecule has 180 valence electrons. The van der Waals surface area contributed by atoms with Crippen LogP contribution in [0.5, 0.6) is 0 Å². The van der Waals surface area contributed by atoms with Crippen LogP contribution in [0.2, 0.25) is 0 Å². The van der Waals surface area contributed by atoms with Crippen LogP contribution in [0.4, 0.5) is 0 Å². The van der Waals surface area contributed by atoms with Gasteiger partial charge in [-0.2, -0.15) is 0 Å². The first-order chi connectivity index (χ1) is 15.0. The fourth-order valence-corrected chi connectivity index (χ4v) is 4.46. The van der Waals surface area contributed by atoms with E-state index in [1.165, 1.54) is 57.8 Å². The maximum absolute atomic E-state index is 12.7. The Morgan fingerprint density at radius 3 is 1.81 bits per heavy atom. The largest absolute Gasteiger partial charge is 0.481 e. The molecule has 0 saturated carbocycles. The summed E-state index contributed by atoms with van der Waals surface area (Å²) in [6.45, 7) is 6.75. The SMILES string of the molecule is CCCCC(CCCCCCCCCCCC(C)C)OC(=O)C1CC=CCC1C(=O)O. The molecule has 4 nitrogen and oxygen atoms in total. The van der Waals surface area contributed by atoms with Crippen molar-refractivity contribution in [2.24, 2.45) is 17.8 Å². The number of unbranched alkanes of at least 4 members (excludes halogenated alkanes) is 9. The molecule has 1 rings (SSSR count). The average molecular weight is 437 g/mol. The number of esters is 1. The van der Waals surface area contributed by atoms with Crippen molar-refractivity contribution in [2.45, 2.75) is 130 Å². The number of carboxylic acids is 1. The Morgan fingerprint density at radius 2 is 1.29 bits per heavy atom. The molecule has 3 unspecified atom stereocenters. The molecule has 0 fully saturated rings. The van der Waals surface area contributed by atoms with Crippen molar-refractivity contribution in [3.8, 4) is 0 Å². The molecular weight excluding hydrogens is 388 g/mol. The van der Waals surface area contributed by atoms with Crippen LogP contribution in [-0.4, -0.2) is 23.1 Å². The van der Waals surface area contributed by atoms with Crippen molar-refractivity contribution in [3.63, 3.8) is 0 Å². The molecule has 0 radical (unpaired) electrons. The minimum atomic E-state index is -0.892. The van der Waals surface area contributed by atoms with Gasteiger partial charge < -0.3 is 9.84 Å². The fraction of sp³-hybridized carbons (Fsp3) is 0.852. The molecular formula is C27H48O4. The van der Waals surface area contributed by atoms with E-state index in [1.54, 1.807) is 0 Å². The number of carbonyl (C=O) groups excluding carboxylic acids is 1. The molecule has 0 aromatic carbocycles. The smallest absolute Gasteiger partial charge is 0.310 e. The lowest BCUT2D eigenvalue weighted by Gasteiger charge is -2.26. The van der Waals surface area contributed by atoms with Crippen LogP contribution in [0.3, 0.4) is 0 Å². The minimum Gasteiger partial charge on any atom is -0.481 e. The van der Waals surface area contributed by atoms with E-state index < -0.39 is 17.8 Å². The number of allylic oxidation sites excluding steroid dienone is 2. The van der Waals surface area contributed by atoms with E-state index in [1.807, 2.05) is 12.2 Å². The third-order valence-corrected chi connectivity index (χ3v) is 6.52. The van der Waals surface area contributed by atoms with Gasteiger partial charge in [0.25, 0.3) is 0 Å². The molecule has 0 bridgehead atoms.